The van der Waals surface area contributed by atoms with Crippen LogP contribution in [0.5, 0.6) is 0 Å². The Morgan fingerprint density at radius 1 is 1.00 bits per heavy atom. The van der Waals surface area contributed by atoms with Gasteiger partial charge >= 0.3 is 11.6 Å². The number of aryl methyl sites for hydroxylation is 1. The Labute approximate surface area is 264 Å². The van der Waals surface area contributed by atoms with Crippen molar-refractivity contribution in [2.24, 2.45) is 46.3 Å². The van der Waals surface area contributed by atoms with Gasteiger partial charge in [-0.3, -0.25) is 9.59 Å². The monoisotopic (exact) mass is 623 g/mol. The molecule has 4 fully saturated rings. The summed E-state index contributed by atoms with van der Waals surface area (Å²) in [4.78, 5) is 36.6. The molecule has 11 unspecified atom stereocenters. The fraction of sp³-hybridized carbons (Fsp3) is 0.694. The number of aliphatic carboxylic acids is 1. The molecule has 4 aliphatic rings. The van der Waals surface area contributed by atoms with Crippen LogP contribution in [0.15, 0.2) is 27.4 Å². The van der Waals surface area contributed by atoms with E-state index < -0.39 is 36.3 Å². The molecule has 0 aliphatic heterocycles. The van der Waals surface area contributed by atoms with Gasteiger partial charge in [0.15, 0.2) is 0 Å². The summed E-state index contributed by atoms with van der Waals surface area (Å²) in [5.74, 6) is 0.208. The zero-order valence-electron chi connectivity index (χ0n) is 26.9. The summed E-state index contributed by atoms with van der Waals surface area (Å²) in [6, 6.07) is 5.09. The minimum atomic E-state index is -1.10. The summed E-state index contributed by atoms with van der Waals surface area (Å²) < 4.78 is 5.40. The number of benzene rings is 1. The molecule has 9 heteroatoms. The minimum Gasteiger partial charge on any atom is -0.481 e. The quantitative estimate of drug-likeness (QED) is 0.268. The van der Waals surface area contributed by atoms with Crippen molar-refractivity contribution in [3.8, 4) is 0 Å². The highest BCUT2D eigenvalue weighted by Gasteiger charge is 2.65. The number of aliphatic hydroxyl groups is 3. The van der Waals surface area contributed by atoms with Gasteiger partial charge in [-0.25, -0.2) is 4.79 Å². The molecule has 0 bridgehead atoms. The number of carbonyl (C=O) groups excluding carboxylic acids is 1. The van der Waals surface area contributed by atoms with E-state index in [0.29, 0.717) is 58.7 Å². The lowest BCUT2D eigenvalue weighted by atomic mass is 9.43. The van der Waals surface area contributed by atoms with Crippen LogP contribution in [0.3, 0.4) is 0 Å². The lowest BCUT2D eigenvalue weighted by molar-refractivity contribution is -0.223. The SMILES string of the molecule is Cc1c(CC(=O)O)c(=O)oc2cc(NC(=O)CCC(C)C3CCC4C5C(O)C(O)C6CC(O)CCC6(C)C5CCC34C)ccc12. The number of aliphatic hydroxyl groups excluding tert-OH is 3. The van der Waals surface area contributed by atoms with Gasteiger partial charge in [0.05, 0.1) is 30.3 Å². The number of carboxylic acids is 1. The number of hydrogen-bond acceptors (Lipinski definition) is 7. The Hall–Kier alpha value is -2.75. The second-order valence-electron chi connectivity index (χ2n) is 15.4. The van der Waals surface area contributed by atoms with Crippen molar-refractivity contribution in [2.75, 3.05) is 5.32 Å². The van der Waals surface area contributed by atoms with Gasteiger partial charge in [0, 0.05) is 23.6 Å². The minimum absolute atomic E-state index is 0.0440. The number of carbonyl (C=O) groups is 2. The lowest BCUT2D eigenvalue weighted by Gasteiger charge is -2.63. The average molecular weight is 624 g/mol. The number of amides is 1. The van der Waals surface area contributed by atoms with Crippen molar-refractivity contribution in [1.29, 1.82) is 0 Å². The maximum atomic E-state index is 13.1. The Balaban J connectivity index is 1.11. The molecule has 4 saturated carbocycles. The van der Waals surface area contributed by atoms with Crippen LogP contribution in [0.25, 0.3) is 11.0 Å². The number of carboxylic acid groups (broad SMARTS) is 1. The van der Waals surface area contributed by atoms with E-state index in [1.807, 2.05) is 0 Å². The van der Waals surface area contributed by atoms with Crippen molar-refractivity contribution in [3.63, 3.8) is 0 Å². The largest absolute Gasteiger partial charge is 0.481 e. The molecule has 11 atom stereocenters. The summed E-state index contributed by atoms with van der Waals surface area (Å²) in [7, 11) is 0. The molecule has 0 radical (unpaired) electrons. The van der Waals surface area contributed by atoms with E-state index in [-0.39, 0.29) is 34.1 Å². The van der Waals surface area contributed by atoms with Crippen LogP contribution >= 0.6 is 0 Å². The molecule has 0 saturated heterocycles. The van der Waals surface area contributed by atoms with E-state index in [1.54, 1.807) is 25.1 Å². The predicted molar refractivity (Wildman–Crippen MR) is 170 cm³/mol. The summed E-state index contributed by atoms with van der Waals surface area (Å²) in [5.41, 5.74) is 0.815. The van der Waals surface area contributed by atoms with E-state index in [1.165, 1.54) is 0 Å². The van der Waals surface area contributed by atoms with Crippen LogP contribution in [0.2, 0.25) is 0 Å². The highest BCUT2D eigenvalue weighted by atomic mass is 16.4. The van der Waals surface area contributed by atoms with Crippen LogP contribution in [0.4, 0.5) is 5.69 Å². The van der Waals surface area contributed by atoms with Gasteiger partial charge in [-0.2, -0.15) is 0 Å². The summed E-state index contributed by atoms with van der Waals surface area (Å²) in [6.07, 6.45) is 5.17. The summed E-state index contributed by atoms with van der Waals surface area (Å²) in [5, 5.41) is 45.9. The molecule has 1 aromatic carbocycles. The van der Waals surface area contributed by atoms with E-state index >= 15 is 0 Å². The van der Waals surface area contributed by atoms with Gasteiger partial charge < -0.3 is 30.2 Å². The third-order valence-electron chi connectivity index (χ3n) is 13.2. The molecule has 5 N–H and O–H groups in total. The van der Waals surface area contributed by atoms with Gasteiger partial charge in [0.2, 0.25) is 5.91 Å². The molecule has 6 rings (SSSR count). The van der Waals surface area contributed by atoms with Crippen molar-refractivity contribution in [2.45, 2.75) is 110 Å². The van der Waals surface area contributed by atoms with Crippen molar-refractivity contribution >= 4 is 28.5 Å². The molecular formula is C36H49NO8. The topological polar surface area (TPSA) is 157 Å². The third kappa shape index (κ3) is 5.42. The molecule has 246 valence electrons. The van der Waals surface area contributed by atoms with Gasteiger partial charge in [-0.05, 0) is 122 Å². The smallest absolute Gasteiger partial charge is 0.340 e. The maximum absolute atomic E-state index is 13.1. The van der Waals surface area contributed by atoms with Crippen LogP contribution in [0.1, 0.15) is 89.7 Å². The maximum Gasteiger partial charge on any atom is 0.340 e. The van der Waals surface area contributed by atoms with Crippen molar-refractivity contribution < 1.29 is 34.4 Å². The first-order valence-electron chi connectivity index (χ1n) is 16.9. The Morgan fingerprint density at radius 2 is 1.71 bits per heavy atom. The number of nitrogens with one attached hydrogen (secondary N) is 1. The summed E-state index contributed by atoms with van der Waals surface area (Å²) in [6.45, 7) is 8.62. The fourth-order valence-corrected chi connectivity index (χ4v) is 10.8. The molecular weight excluding hydrogens is 574 g/mol. The fourth-order valence-electron chi connectivity index (χ4n) is 10.8. The van der Waals surface area contributed by atoms with Crippen LogP contribution in [0, 0.1) is 53.3 Å². The number of hydrogen-bond donors (Lipinski definition) is 5. The Bertz CT molecular complexity index is 1530. The van der Waals surface area contributed by atoms with E-state index in [0.717, 1.165) is 44.9 Å². The highest BCUT2D eigenvalue weighted by Crippen LogP contribution is 2.68. The third-order valence-corrected chi connectivity index (χ3v) is 13.2. The molecule has 9 nitrogen and oxygen atoms in total. The number of fused-ring (bicyclic) bond motifs is 6. The van der Waals surface area contributed by atoms with Gasteiger partial charge in [-0.1, -0.05) is 20.8 Å². The predicted octanol–water partition coefficient (Wildman–Crippen LogP) is 5.04. The first kappa shape index (κ1) is 32.2. The van der Waals surface area contributed by atoms with E-state index in [2.05, 4.69) is 26.1 Å². The molecule has 4 aliphatic carbocycles. The van der Waals surface area contributed by atoms with Gasteiger partial charge in [0.25, 0.3) is 0 Å². The van der Waals surface area contributed by atoms with Crippen LogP contribution in [-0.2, 0) is 16.0 Å². The molecule has 1 amide bonds. The van der Waals surface area contributed by atoms with Crippen LogP contribution in [-0.4, -0.2) is 50.6 Å². The zero-order chi connectivity index (χ0) is 32.4. The summed E-state index contributed by atoms with van der Waals surface area (Å²) >= 11 is 0. The second-order valence-corrected chi connectivity index (χ2v) is 15.4. The lowest BCUT2D eigenvalue weighted by Crippen LogP contribution is -2.64. The molecule has 45 heavy (non-hydrogen) atoms. The first-order chi connectivity index (χ1) is 21.2. The zero-order valence-corrected chi connectivity index (χ0v) is 26.9. The van der Waals surface area contributed by atoms with E-state index in [4.69, 9.17) is 9.52 Å². The molecule has 1 heterocycles. The van der Waals surface area contributed by atoms with Crippen molar-refractivity contribution in [1.82, 2.24) is 0 Å². The highest BCUT2D eigenvalue weighted by molar-refractivity contribution is 5.94. The normalized spacial score (nSPS) is 38.2. The molecule has 1 aromatic heterocycles. The Kier molecular flexibility index (Phi) is 8.45. The standard InChI is InChI=1S/C36H49NO8/c1-18(5-10-29(39)37-20-6-7-22-19(2)23(17-30(40)41)34(44)45-28(22)15-20)24-8-9-25-31-26(12-14-35(24,25)3)36(4)13-11-21(38)16-27(36)32(42)33(31)43/h6-7,15,18,21,24-27,31-33,38,42-43H,5,8-14,16-17H2,1-4H3,(H,37,39)(H,40,41). The van der Waals surface area contributed by atoms with Crippen molar-refractivity contribution in [3.05, 3.63) is 39.7 Å². The Morgan fingerprint density at radius 3 is 2.44 bits per heavy atom. The van der Waals surface area contributed by atoms with Gasteiger partial charge in [0.1, 0.15) is 5.58 Å². The second kappa shape index (κ2) is 11.8. The van der Waals surface area contributed by atoms with Crippen LogP contribution < -0.4 is 10.9 Å². The molecule has 2 aromatic rings. The number of anilines is 1. The van der Waals surface area contributed by atoms with E-state index in [9.17, 15) is 29.7 Å². The van der Waals surface area contributed by atoms with Gasteiger partial charge in [-0.15, -0.1) is 0 Å². The average Bonchev–Trinajstić information content (AvgIpc) is 3.34. The number of rotatable bonds is 7. The molecule has 0 spiro atoms. The first-order valence-corrected chi connectivity index (χ1v) is 16.9.